The number of nitrogens with zero attached hydrogens (tertiary/aromatic N) is 4. The number of hydrogen-bond donors (Lipinski definition) is 5. The summed E-state index contributed by atoms with van der Waals surface area (Å²) in [6.07, 6.45) is 8.06. The molecule has 21 heteroatoms. The summed E-state index contributed by atoms with van der Waals surface area (Å²) in [5, 5.41) is 34.2. The molecule has 1 aliphatic carbocycles. The van der Waals surface area contributed by atoms with Crippen LogP contribution in [0.1, 0.15) is 112 Å². The van der Waals surface area contributed by atoms with Crippen molar-refractivity contribution in [1.29, 1.82) is 0 Å². The molecule has 1 aromatic heterocycles. The van der Waals surface area contributed by atoms with Crippen LogP contribution in [0.15, 0.2) is 101 Å². The smallest absolute Gasteiger partial charge is 0.407 e. The highest BCUT2D eigenvalue weighted by atomic mass is 32.1. The van der Waals surface area contributed by atoms with Crippen LogP contribution in [0, 0.1) is 12.8 Å². The number of aliphatic hydroxyl groups excluding tert-OH is 1. The highest BCUT2D eigenvalue weighted by molar-refractivity contribution is 7.10. The Kier molecular flexibility index (Phi) is 24.9. The monoisotopic (exact) mass is 1260 g/mol. The molecule has 5 N–H and O–H groups in total. The fraction of sp³-hybridized carbons (Fsp3) is 0.522. The van der Waals surface area contributed by atoms with Crippen LogP contribution >= 0.6 is 11.3 Å². The average Bonchev–Trinajstić information content (AvgIpc) is 1.59. The van der Waals surface area contributed by atoms with Gasteiger partial charge in [-0.05, 0) is 149 Å². The molecular formula is C69H91N7O13S. The maximum atomic E-state index is 14.5. The minimum atomic E-state index is -1.20. The Morgan fingerprint density at radius 1 is 0.789 bits per heavy atom. The summed E-state index contributed by atoms with van der Waals surface area (Å²) in [6.45, 7) is 16.6. The lowest BCUT2D eigenvalue weighted by Gasteiger charge is -2.37. The van der Waals surface area contributed by atoms with Gasteiger partial charge < -0.3 is 69.1 Å². The van der Waals surface area contributed by atoms with Gasteiger partial charge in [0.15, 0.2) is 0 Å². The minimum Gasteiger partial charge on any atom is -0.491 e. The molecule has 5 aromatic rings. The molecule has 4 heterocycles. The molecule has 4 amide bonds. The van der Waals surface area contributed by atoms with Gasteiger partial charge in [-0.2, -0.15) is 0 Å². The molecule has 0 radical (unpaired) electrons. The Hall–Kier alpha value is -7.11. The van der Waals surface area contributed by atoms with Crippen LogP contribution in [0.25, 0.3) is 33.2 Å². The number of benzene rings is 4. The van der Waals surface area contributed by atoms with Crippen LogP contribution in [0.2, 0.25) is 0 Å². The number of fused-ring (bicyclic) bond motifs is 1. The number of allylic oxidation sites excluding steroid dienone is 3. The van der Waals surface area contributed by atoms with Gasteiger partial charge in [-0.25, -0.2) is 9.78 Å². The summed E-state index contributed by atoms with van der Waals surface area (Å²) < 4.78 is 41.0. The van der Waals surface area contributed by atoms with Crippen LogP contribution in [0.4, 0.5) is 10.5 Å². The van der Waals surface area contributed by atoms with Gasteiger partial charge in [0.25, 0.3) is 5.91 Å². The normalized spacial score (nSPS) is 18.0. The molecule has 4 aromatic carbocycles. The van der Waals surface area contributed by atoms with Crippen LogP contribution in [-0.2, 0) is 33.3 Å². The molecule has 0 bridgehead atoms. The summed E-state index contributed by atoms with van der Waals surface area (Å²) in [5.74, 6) is 0.641. The average molecular weight is 1260 g/mol. The van der Waals surface area contributed by atoms with E-state index in [1.807, 2.05) is 97.8 Å². The lowest BCUT2D eigenvalue weighted by Crippen LogP contribution is -2.56. The number of aliphatic hydroxyl groups is 1. The number of anilines is 1. The molecule has 2 saturated heterocycles. The zero-order chi connectivity index (χ0) is 63.5. The first-order valence-corrected chi connectivity index (χ1v) is 32.9. The van der Waals surface area contributed by atoms with Gasteiger partial charge in [-0.3, -0.25) is 19.3 Å². The maximum absolute atomic E-state index is 14.5. The van der Waals surface area contributed by atoms with Crippen molar-refractivity contribution in [3.05, 3.63) is 117 Å². The molecule has 3 fully saturated rings. The molecule has 90 heavy (non-hydrogen) atoms. The van der Waals surface area contributed by atoms with Crippen molar-refractivity contribution in [2.24, 2.45) is 5.92 Å². The number of ether oxygens (including phenoxy) is 7. The predicted molar refractivity (Wildman–Crippen MR) is 348 cm³/mol. The standard InChI is InChI=1S/C69H91N7O13S/c1-7-75(52-25-28-83-29-26-52)61-42-51(41-57(47(61)4)65(78)70-43-58-45(2)40-46(3)71-66(58)79)49-19-21-53(22-20-49)88-38-36-86-34-32-84-30-31-85-33-35-87-37-39-89-62-24-23-55(54-16-11-12-17-56(54)62)59-44-90-67(72-59)60-18-13-27-76(60)68(80)63(50-14-9-8-10-15-50)73-64(77)48(5)74(6)69(81)82/h11-12,16-17,19-24,40-42,44,48,50,52,60,63,66,71,79H,7-10,13-15,18,25-39,43H2,1-6H3,(H,70,78)(H,73,77)(H,81,82)/t48-,60-,63-,66?/m0/s1. The van der Waals surface area contributed by atoms with Gasteiger partial charge in [0.1, 0.15) is 48.0 Å². The van der Waals surface area contributed by atoms with Crippen LogP contribution in [-0.4, -0.2) is 179 Å². The van der Waals surface area contributed by atoms with Gasteiger partial charge in [0.2, 0.25) is 11.8 Å². The summed E-state index contributed by atoms with van der Waals surface area (Å²) in [7, 11) is 1.36. The fourth-order valence-corrected chi connectivity index (χ4v) is 13.5. The van der Waals surface area contributed by atoms with Crippen molar-refractivity contribution in [3.63, 3.8) is 0 Å². The van der Waals surface area contributed by atoms with Crippen molar-refractivity contribution in [1.82, 2.24) is 30.7 Å². The number of rotatable bonds is 31. The van der Waals surface area contributed by atoms with Gasteiger partial charge in [0, 0.05) is 84.8 Å². The first-order chi connectivity index (χ1) is 43.7. The van der Waals surface area contributed by atoms with Gasteiger partial charge >= 0.3 is 6.09 Å². The van der Waals surface area contributed by atoms with E-state index in [0.717, 1.165) is 141 Å². The minimum absolute atomic E-state index is 0.0172. The third-order valence-corrected chi connectivity index (χ3v) is 18.7. The molecule has 1 saturated carbocycles. The van der Waals surface area contributed by atoms with Crippen molar-refractivity contribution in [2.45, 2.75) is 123 Å². The molecule has 9 rings (SSSR count). The highest BCUT2D eigenvalue weighted by Gasteiger charge is 2.41. The van der Waals surface area contributed by atoms with Crippen molar-refractivity contribution < 1.29 is 62.5 Å². The molecule has 4 aliphatic rings. The van der Waals surface area contributed by atoms with E-state index in [-0.39, 0.29) is 30.3 Å². The van der Waals surface area contributed by atoms with E-state index in [4.69, 9.17) is 38.1 Å². The van der Waals surface area contributed by atoms with Crippen molar-refractivity contribution in [3.8, 4) is 33.9 Å². The molecule has 4 atom stereocenters. The zero-order valence-corrected chi connectivity index (χ0v) is 53.9. The summed E-state index contributed by atoms with van der Waals surface area (Å²) in [4.78, 5) is 63.9. The zero-order valence-electron chi connectivity index (χ0n) is 53.1. The van der Waals surface area contributed by atoms with E-state index in [1.165, 1.54) is 18.4 Å². The molecule has 3 aliphatic heterocycles. The van der Waals surface area contributed by atoms with Crippen molar-refractivity contribution in [2.75, 3.05) is 111 Å². The van der Waals surface area contributed by atoms with Gasteiger partial charge in [-0.15, -0.1) is 11.3 Å². The second-order valence-corrected chi connectivity index (χ2v) is 24.5. The maximum Gasteiger partial charge on any atom is 0.407 e. The third kappa shape index (κ3) is 17.5. The predicted octanol–water partition coefficient (Wildman–Crippen LogP) is 10.1. The molecule has 1 unspecified atom stereocenters. The van der Waals surface area contributed by atoms with Gasteiger partial charge in [-0.1, -0.05) is 55.7 Å². The number of thiazole rings is 1. The van der Waals surface area contributed by atoms with Crippen molar-refractivity contribution >= 4 is 51.6 Å². The number of carboxylic acid groups (broad SMARTS) is 1. The molecule has 20 nitrogen and oxygen atoms in total. The first-order valence-electron chi connectivity index (χ1n) is 32.0. The quantitative estimate of drug-likeness (QED) is 0.0260. The van der Waals surface area contributed by atoms with E-state index in [0.29, 0.717) is 103 Å². The molecule has 0 spiro atoms. The fourth-order valence-electron chi connectivity index (χ4n) is 12.6. The Bertz CT molecular complexity index is 3270. The van der Waals surface area contributed by atoms with Crippen LogP contribution < -0.4 is 30.3 Å². The first kappa shape index (κ1) is 67.3. The summed E-state index contributed by atoms with van der Waals surface area (Å²) in [5.41, 5.74) is 8.73. The Morgan fingerprint density at radius 3 is 2.10 bits per heavy atom. The number of likely N-dealkylation sites (tertiary alicyclic amines) is 1. The van der Waals surface area contributed by atoms with E-state index in [2.05, 4.69) is 39.9 Å². The number of dihydropyridines is 1. The Morgan fingerprint density at radius 2 is 1.44 bits per heavy atom. The SMILES string of the molecule is CCN(c1cc(-c2ccc(OCCOCCOCCOCCOCCOc3ccc(-c4csc([C@@H]5CCCN5C(=O)[C@@H](NC(=O)[C@H](C)N(C)C(=O)O)C5CCCCC5)n4)c4ccccc34)cc2)cc(C(=O)NCC2=C(C)C=C(C)NC2O)c1C)C1CCOCC1. The van der Waals surface area contributed by atoms with Crippen LogP contribution in [0.5, 0.6) is 11.5 Å². The third-order valence-electron chi connectivity index (χ3n) is 17.7. The number of hydrogen-bond acceptors (Lipinski definition) is 16. The number of amides is 4. The summed E-state index contributed by atoms with van der Waals surface area (Å²) in [6, 6.07) is 22.5. The topological polar surface area (TPSA) is 232 Å². The second kappa shape index (κ2) is 33.3. The second-order valence-electron chi connectivity index (χ2n) is 23.6. The lowest BCUT2D eigenvalue weighted by molar-refractivity contribution is -0.140. The van der Waals surface area contributed by atoms with Crippen LogP contribution in [0.3, 0.4) is 0 Å². The largest absolute Gasteiger partial charge is 0.491 e. The number of carbonyl (C=O) groups excluding carboxylic acids is 3. The summed E-state index contributed by atoms with van der Waals surface area (Å²) >= 11 is 1.54. The highest BCUT2D eigenvalue weighted by Crippen LogP contribution is 2.41. The number of aromatic nitrogens is 1. The number of likely N-dealkylation sites (N-methyl/N-ethyl adjacent to an activating group) is 1. The van der Waals surface area contributed by atoms with Gasteiger partial charge in [0.05, 0.1) is 64.6 Å². The number of nitrogens with one attached hydrogen (secondary N) is 3. The molecular weight excluding hydrogens is 1170 g/mol. The van der Waals surface area contributed by atoms with E-state index in [1.54, 1.807) is 6.92 Å². The molecule has 486 valence electrons. The Balaban J connectivity index is 0.661. The Labute approximate surface area is 533 Å². The van der Waals surface area contributed by atoms with E-state index in [9.17, 15) is 29.4 Å². The lowest BCUT2D eigenvalue weighted by atomic mass is 9.83. The van der Waals surface area contributed by atoms with E-state index < -0.39 is 30.3 Å². The van der Waals surface area contributed by atoms with E-state index >= 15 is 0 Å². The number of carbonyl (C=O) groups is 4.